The van der Waals surface area contributed by atoms with Gasteiger partial charge in [-0.15, -0.1) is 0 Å². The van der Waals surface area contributed by atoms with Gasteiger partial charge in [0.15, 0.2) is 0 Å². The maximum atomic E-state index is 3.54. The van der Waals surface area contributed by atoms with Gasteiger partial charge in [0.2, 0.25) is 0 Å². The molecule has 0 N–H and O–H groups in total. The average Bonchev–Trinajstić information content (AvgIpc) is 2.01. The number of benzene rings is 1. The fraction of sp³-hybridized carbons (Fsp3) is 0.333. The normalized spacial score (nSPS) is 10.3. The van der Waals surface area contributed by atoms with E-state index in [1.807, 2.05) is 0 Å². The van der Waals surface area contributed by atoms with E-state index < -0.39 is 0 Å². The van der Waals surface area contributed by atoms with Gasteiger partial charge in [-0.25, -0.2) is 0 Å². The molecular formula is C9H9Br3. The van der Waals surface area contributed by atoms with Gasteiger partial charge in [0.05, 0.1) is 0 Å². The SMILES string of the molecule is Cc1cc(Br)c(CCBr)cc1Br. The van der Waals surface area contributed by atoms with Crippen LogP contribution in [0.15, 0.2) is 21.1 Å². The van der Waals surface area contributed by atoms with Gasteiger partial charge in [0, 0.05) is 14.3 Å². The van der Waals surface area contributed by atoms with Crippen molar-refractivity contribution in [2.45, 2.75) is 13.3 Å². The molecule has 0 atom stereocenters. The van der Waals surface area contributed by atoms with Crippen molar-refractivity contribution >= 4 is 47.8 Å². The van der Waals surface area contributed by atoms with Crippen LogP contribution in [0.1, 0.15) is 11.1 Å². The average molecular weight is 357 g/mol. The zero-order valence-corrected chi connectivity index (χ0v) is 11.5. The second kappa shape index (κ2) is 4.77. The molecule has 0 saturated heterocycles. The van der Waals surface area contributed by atoms with Gasteiger partial charge in [-0.05, 0) is 36.6 Å². The maximum Gasteiger partial charge on any atom is 0.0211 e. The Labute approximate surface area is 98.1 Å². The van der Waals surface area contributed by atoms with Crippen LogP contribution in [0.3, 0.4) is 0 Å². The summed E-state index contributed by atoms with van der Waals surface area (Å²) >= 11 is 10.5. The van der Waals surface area contributed by atoms with Gasteiger partial charge in [-0.3, -0.25) is 0 Å². The Morgan fingerprint density at radius 3 is 2.42 bits per heavy atom. The Bertz CT molecular complexity index is 281. The Balaban J connectivity index is 3.05. The van der Waals surface area contributed by atoms with Crippen molar-refractivity contribution < 1.29 is 0 Å². The molecule has 66 valence electrons. The molecule has 0 bridgehead atoms. The minimum absolute atomic E-state index is 1.00. The van der Waals surface area contributed by atoms with Crippen LogP contribution < -0.4 is 0 Å². The van der Waals surface area contributed by atoms with Crippen LogP contribution in [0.5, 0.6) is 0 Å². The van der Waals surface area contributed by atoms with Gasteiger partial charge < -0.3 is 0 Å². The first-order chi connectivity index (χ1) is 5.65. The van der Waals surface area contributed by atoms with E-state index in [1.165, 1.54) is 20.1 Å². The smallest absolute Gasteiger partial charge is 0.0211 e. The van der Waals surface area contributed by atoms with Crippen molar-refractivity contribution in [3.63, 3.8) is 0 Å². The Kier molecular flexibility index (Phi) is 4.27. The van der Waals surface area contributed by atoms with E-state index in [0.29, 0.717) is 0 Å². The van der Waals surface area contributed by atoms with E-state index in [4.69, 9.17) is 0 Å². The number of rotatable bonds is 2. The predicted octanol–water partition coefficient (Wildman–Crippen LogP) is 4.46. The Hall–Kier alpha value is 0.660. The topological polar surface area (TPSA) is 0 Å². The van der Waals surface area contributed by atoms with Crippen LogP contribution in [0.2, 0.25) is 0 Å². The lowest BCUT2D eigenvalue weighted by atomic mass is 10.1. The number of hydrogen-bond acceptors (Lipinski definition) is 0. The lowest BCUT2D eigenvalue weighted by Crippen LogP contribution is -1.89. The summed E-state index contributed by atoms with van der Waals surface area (Å²) < 4.78 is 2.38. The van der Waals surface area contributed by atoms with E-state index in [9.17, 15) is 0 Å². The van der Waals surface area contributed by atoms with Crippen molar-refractivity contribution in [3.05, 3.63) is 32.2 Å². The van der Waals surface area contributed by atoms with Crippen molar-refractivity contribution in [1.29, 1.82) is 0 Å². The minimum Gasteiger partial charge on any atom is -0.0924 e. The lowest BCUT2D eigenvalue weighted by Gasteiger charge is -2.05. The molecule has 0 fully saturated rings. The molecule has 0 radical (unpaired) electrons. The third-order valence-electron chi connectivity index (χ3n) is 1.69. The monoisotopic (exact) mass is 354 g/mol. The van der Waals surface area contributed by atoms with Crippen LogP contribution >= 0.6 is 47.8 Å². The number of halogens is 3. The summed E-state index contributed by atoms with van der Waals surface area (Å²) in [5.74, 6) is 0. The Morgan fingerprint density at radius 1 is 1.17 bits per heavy atom. The van der Waals surface area contributed by atoms with Crippen LogP contribution in [0.25, 0.3) is 0 Å². The van der Waals surface area contributed by atoms with Gasteiger partial charge >= 0.3 is 0 Å². The highest BCUT2D eigenvalue weighted by molar-refractivity contribution is 9.11. The van der Waals surface area contributed by atoms with Gasteiger partial charge in [0.1, 0.15) is 0 Å². The first kappa shape index (κ1) is 10.7. The fourth-order valence-corrected chi connectivity index (χ4v) is 2.45. The molecule has 0 aliphatic carbocycles. The molecule has 0 spiro atoms. The first-order valence-corrected chi connectivity index (χ1v) is 6.36. The molecule has 0 unspecified atom stereocenters. The zero-order chi connectivity index (χ0) is 9.14. The van der Waals surface area contributed by atoms with Gasteiger partial charge in [-0.2, -0.15) is 0 Å². The van der Waals surface area contributed by atoms with E-state index in [1.54, 1.807) is 0 Å². The van der Waals surface area contributed by atoms with E-state index in [2.05, 4.69) is 66.8 Å². The van der Waals surface area contributed by atoms with Gasteiger partial charge in [-0.1, -0.05) is 47.8 Å². The van der Waals surface area contributed by atoms with Crippen LogP contribution in [-0.2, 0) is 6.42 Å². The highest BCUT2D eigenvalue weighted by Crippen LogP contribution is 2.25. The largest absolute Gasteiger partial charge is 0.0924 e. The Morgan fingerprint density at radius 2 is 1.83 bits per heavy atom. The molecule has 0 heterocycles. The second-order valence-electron chi connectivity index (χ2n) is 2.63. The predicted molar refractivity (Wildman–Crippen MR) is 64.1 cm³/mol. The number of aryl methyl sites for hydroxylation is 2. The molecular weight excluding hydrogens is 348 g/mol. The summed E-state index contributed by atoms with van der Waals surface area (Å²) in [5.41, 5.74) is 2.60. The summed E-state index contributed by atoms with van der Waals surface area (Å²) in [6.07, 6.45) is 1.06. The molecule has 1 aromatic rings. The van der Waals surface area contributed by atoms with E-state index >= 15 is 0 Å². The van der Waals surface area contributed by atoms with Crippen LogP contribution in [0.4, 0.5) is 0 Å². The molecule has 0 amide bonds. The fourth-order valence-electron chi connectivity index (χ4n) is 0.981. The quantitative estimate of drug-likeness (QED) is 0.686. The third kappa shape index (κ3) is 2.57. The summed E-state index contributed by atoms with van der Waals surface area (Å²) in [5, 5.41) is 1.00. The summed E-state index contributed by atoms with van der Waals surface area (Å²) in [4.78, 5) is 0. The molecule has 12 heavy (non-hydrogen) atoms. The molecule has 0 saturated carbocycles. The molecule has 0 aliphatic heterocycles. The van der Waals surface area contributed by atoms with E-state index in [0.717, 1.165) is 11.8 Å². The van der Waals surface area contributed by atoms with Crippen LogP contribution in [0, 0.1) is 6.92 Å². The number of hydrogen-bond donors (Lipinski definition) is 0. The molecule has 0 aliphatic rings. The number of alkyl halides is 1. The highest BCUT2D eigenvalue weighted by Gasteiger charge is 2.02. The summed E-state index contributed by atoms with van der Waals surface area (Å²) in [7, 11) is 0. The van der Waals surface area contributed by atoms with Crippen molar-refractivity contribution in [2.24, 2.45) is 0 Å². The summed E-state index contributed by atoms with van der Waals surface area (Å²) in [6, 6.07) is 4.31. The highest BCUT2D eigenvalue weighted by atomic mass is 79.9. The standard InChI is InChI=1S/C9H9Br3/c1-6-4-9(12)7(2-3-10)5-8(6)11/h4-5H,2-3H2,1H3. The molecule has 0 aromatic heterocycles. The minimum atomic E-state index is 1.00. The van der Waals surface area contributed by atoms with Crippen molar-refractivity contribution in [3.8, 4) is 0 Å². The first-order valence-electron chi connectivity index (χ1n) is 3.65. The van der Waals surface area contributed by atoms with Crippen LogP contribution in [-0.4, -0.2) is 5.33 Å². The third-order valence-corrected chi connectivity index (χ3v) is 3.68. The van der Waals surface area contributed by atoms with Gasteiger partial charge in [0.25, 0.3) is 0 Å². The van der Waals surface area contributed by atoms with Crippen molar-refractivity contribution in [1.82, 2.24) is 0 Å². The summed E-state index contributed by atoms with van der Waals surface area (Å²) in [6.45, 7) is 2.09. The molecule has 1 rings (SSSR count). The lowest BCUT2D eigenvalue weighted by molar-refractivity contribution is 1.14. The van der Waals surface area contributed by atoms with E-state index in [-0.39, 0.29) is 0 Å². The molecule has 3 heteroatoms. The molecule has 0 nitrogen and oxygen atoms in total. The second-order valence-corrected chi connectivity index (χ2v) is 5.13. The zero-order valence-electron chi connectivity index (χ0n) is 6.70. The maximum absolute atomic E-state index is 3.54. The van der Waals surface area contributed by atoms with Crippen molar-refractivity contribution in [2.75, 3.05) is 5.33 Å². The molecule has 1 aromatic carbocycles.